The van der Waals surface area contributed by atoms with E-state index in [0.29, 0.717) is 42.9 Å². The minimum Gasteiger partial charge on any atom is -0.634 e. The lowest BCUT2D eigenvalue weighted by Gasteiger charge is -2.64. The van der Waals surface area contributed by atoms with Gasteiger partial charge in [-0.3, -0.25) is 4.79 Å². The molecule has 37 heavy (non-hydrogen) atoms. The predicted octanol–water partition coefficient (Wildman–Crippen LogP) is 3.47. The van der Waals surface area contributed by atoms with Gasteiger partial charge in [0.2, 0.25) is 0 Å². The van der Waals surface area contributed by atoms with Crippen molar-refractivity contribution in [3.8, 4) is 11.5 Å². The quantitative estimate of drug-likeness (QED) is 0.596. The second-order valence-corrected chi connectivity index (χ2v) is 11.5. The number of halogens is 3. The van der Waals surface area contributed by atoms with Gasteiger partial charge in [0.15, 0.2) is 23.4 Å². The van der Waals surface area contributed by atoms with Crippen molar-refractivity contribution < 1.29 is 37.6 Å². The van der Waals surface area contributed by atoms with Gasteiger partial charge in [-0.25, -0.2) is 0 Å². The number of piperidine rings is 1. The van der Waals surface area contributed by atoms with Gasteiger partial charge >= 0.3 is 6.18 Å². The minimum atomic E-state index is -4.48. The normalized spacial score (nSPS) is 35.7. The van der Waals surface area contributed by atoms with E-state index in [0.717, 1.165) is 36.1 Å². The van der Waals surface area contributed by atoms with Crippen molar-refractivity contribution in [1.82, 2.24) is 0 Å². The lowest BCUT2D eigenvalue weighted by molar-refractivity contribution is -0.895. The SMILES string of the molecule is O=C1C(CC2CC2)CC2(OCc3cccc(C(F)(F)F)c3)[C@H]3Cc4ccc(O)c5c4[C@@]2(CC[NH+]3[O-])[C@H]1O5. The van der Waals surface area contributed by atoms with E-state index < -0.39 is 34.9 Å². The molecule has 196 valence electrons. The van der Waals surface area contributed by atoms with Crippen LogP contribution < -0.4 is 9.80 Å². The average Bonchev–Trinajstić information content (AvgIpc) is 3.60. The van der Waals surface area contributed by atoms with Crippen molar-refractivity contribution in [2.24, 2.45) is 11.8 Å². The number of rotatable bonds is 5. The molecule has 2 aromatic carbocycles. The number of ketones is 1. The lowest BCUT2D eigenvalue weighted by Crippen LogP contribution is -3.18. The fourth-order valence-corrected chi connectivity index (χ4v) is 7.81. The first kappa shape index (κ1) is 23.5. The number of carbonyl (C=O) groups excluding carboxylic acids is 1. The number of hydrogen-bond acceptors (Lipinski definition) is 5. The van der Waals surface area contributed by atoms with Crippen molar-refractivity contribution >= 4 is 5.78 Å². The van der Waals surface area contributed by atoms with Crippen LogP contribution in [0.4, 0.5) is 13.2 Å². The number of Topliss-reactive ketones (excluding diaryl/α,β-unsaturated/α-hetero) is 1. The van der Waals surface area contributed by atoms with Crippen molar-refractivity contribution in [3.05, 3.63) is 63.9 Å². The number of phenolic OH excluding ortho intramolecular Hbond substituents is 1. The summed E-state index contributed by atoms with van der Waals surface area (Å²) in [5, 5.41) is 24.2. The molecule has 6 nitrogen and oxygen atoms in total. The van der Waals surface area contributed by atoms with Crippen molar-refractivity contribution in [3.63, 3.8) is 0 Å². The predicted molar refractivity (Wildman–Crippen MR) is 125 cm³/mol. The average molecular weight is 516 g/mol. The standard InChI is InChI=1S/C28H28F3NO5/c29-28(30,31)19-3-1-2-16(11-19)14-36-27-13-18(10-15-4-5-15)23(34)25-26(27)8-9-32(35)21(27)12-17-6-7-20(33)24(37-25)22(17)26/h1-3,6-7,11,15,18,21,25,32-33H,4-5,8-10,12-14H2/t18?,21-,25+,26+,27?/m1/s1. The first-order valence-corrected chi connectivity index (χ1v) is 13.0. The van der Waals surface area contributed by atoms with Gasteiger partial charge in [0.05, 0.1) is 24.1 Å². The molecule has 0 radical (unpaired) electrons. The Balaban J connectivity index is 1.37. The highest BCUT2D eigenvalue weighted by molar-refractivity contribution is 5.92. The molecule has 7 rings (SSSR count). The molecule has 3 fully saturated rings. The summed E-state index contributed by atoms with van der Waals surface area (Å²) in [5.74, 6) is 0.328. The number of ether oxygens (including phenoxy) is 2. The summed E-state index contributed by atoms with van der Waals surface area (Å²) in [4.78, 5) is 13.9. The third kappa shape index (κ3) is 3.20. The van der Waals surface area contributed by atoms with Gasteiger partial charge in [-0.2, -0.15) is 13.2 Å². The van der Waals surface area contributed by atoms with Crippen LogP contribution in [-0.4, -0.2) is 35.2 Å². The molecule has 1 saturated heterocycles. The van der Waals surface area contributed by atoms with E-state index in [4.69, 9.17) is 9.47 Å². The highest BCUT2D eigenvalue weighted by Gasteiger charge is 2.77. The van der Waals surface area contributed by atoms with E-state index in [-0.39, 0.29) is 35.7 Å². The number of alkyl halides is 3. The molecule has 3 aliphatic carbocycles. The van der Waals surface area contributed by atoms with Gasteiger partial charge < -0.3 is 24.9 Å². The second kappa shape index (κ2) is 7.71. The fourth-order valence-electron chi connectivity index (χ4n) is 7.81. The molecule has 5 aliphatic rings. The number of aromatic hydroxyl groups is 1. The molecule has 2 N–H and O–H groups in total. The Labute approximate surface area is 211 Å². The number of hydrogen-bond donors (Lipinski definition) is 2. The van der Waals surface area contributed by atoms with E-state index >= 15 is 0 Å². The van der Waals surface area contributed by atoms with Crippen LogP contribution >= 0.6 is 0 Å². The molecule has 2 heterocycles. The van der Waals surface area contributed by atoms with E-state index in [2.05, 4.69) is 0 Å². The van der Waals surface area contributed by atoms with Crippen LogP contribution in [0.5, 0.6) is 11.5 Å². The van der Waals surface area contributed by atoms with E-state index in [1.807, 2.05) is 0 Å². The number of benzene rings is 2. The Morgan fingerprint density at radius 2 is 2.03 bits per heavy atom. The molecule has 6 atom stereocenters. The summed E-state index contributed by atoms with van der Waals surface area (Å²) in [6.45, 7) is 0.157. The molecule has 3 unspecified atom stereocenters. The molecule has 1 spiro atoms. The maximum absolute atomic E-state index is 13.9. The van der Waals surface area contributed by atoms with Crippen molar-refractivity contribution in [2.45, 2.75) is 74.5 Å². The zero-order valence-electron chi connectivity index (χ0n) is 20.1. The second-order valence-electron chi connectivity index (χ2n) is 11.5. The maximum Gasteiger partial charge on any atom is 0.416 e. The molecular weight excluding hydrogens is 487 g/mol. The Kier molecular flexibility index (Phi) is 4.89. The Hall–Kier alpha value is -2.62. The van der Waals surface area contributed by atoms with E-state index in [1.165, 1.54) is 6.07 Å². The number of phenols is 1. The summed E-state index contributed by atoms with van der Waals surface area (Å²) in [5.41, 5.74) is -0.816. The largest absolute Gasteiger partial charge is 0.634 e. The van der Waals surface area contributed by atoms with Gasteiger partial charge in [0, 0.05) is 24.3 Å². The highest BCUT2D eigenvalue weighted by atomic mass is 19.4. The Morgan fingerprint density at radius 3 is 2.78 bits per heavy atom. The van der Waals surface area contributed by atoms with Crippen LogP contribution in [0.2, 0.25) is 0 Å². The van der Waals surface area contributed by atoms with E-state index in [9.17, 15) is 28.3 Å². The summed E-state index contributed by atoms with van der Waals surface area (Å²) < 4.78 is 53.2. The summed E-state index contributed by atoms with van der Waals surface area (Å²) in [6.07, 6.45) is -1.46. The summed E-state index contributed by atoms with van der Waals surface area (Å²) >= 11 is 0. The summed E-state index contributed by atoms with van der Waals surface area (Å²) in [6, 6.07) is 7.87. The molecule has 2 aliphatic heterocycles. The lowest BCUT2D eigenvalue weighted by atomic mass is 9.47. The molecular formula is C28H28F3NO5. The first-order valence-electron chi connectivity index (χ1n) is 13.0. The third-order valence-electron chi connectivity index (χ3n) is 9.52. The number of carbonyl (C=O) groups is 1. The fraction of sp³-hybridized carbons (Fsp3) is 0.536. The van der Waals surface area contributed by atoms with Crippen LogP contribution in [-0.2, 0) is 34.2 Å². The van der Waals surface area contributed by atoms with Crippen LogP contribution in [0.15, 0.2) is 36.4 Å². The van der Waals surface area contributed by atoms with Gasteiger partial charge in [0.25, 0.3) is 0 Å². The van der Waals surface area contributed by atoms with Gasteiger partial charge in [-0.05, 0) is 48.1 Å². The molecule has 0 aromatic heterocycles. The maximum atomic E-state index is 13.9. The van der Waals surface area contributed by atoms with Gasteiger partial charge in [-0.15, -0.1) is 0 Å². The highest BCUT2D eigenvalue weighted by Crippen LogP contribution is 2.65. The third-order valence-corrected chi connectivity index (χ3v) is 9.52. The monoisotopic (exact) mass is 515 g/mol. The first-order chi connectivity index (χ1) is 17.6. The molecule has 9 heteroatoms. The topological polar surface area (TPSA) is 83.3 Å². The molecule has 2 aromatic rings. The summed E-state index contributed by atoms with van der Waals surface area (Å²) in [7, 11) is 0. The van der Waals surface area contributed by atoms with Crippen LogP contribution in [0.1, 0.15) is 54.4 Å². The minimum absolute atomic E-state index is 0.0123. The van der Waals surface area contributed by atoms with Crippen molar-refractivity contribution in [2.75, 3.05) is 6.54 Å². The number of nitrogens with one attached hydrogen (secondary N) is 1. The Bertz CT molecular complexity index is 1290. The zero-order chi connectivity index (χ0) is 25.7. The molecule has 2 saturated carbocycles. The smallest absolute Gasteiger partial charge is 0.416 e. The van der Waals surface area contributed by atoms with Crippen LogP contribution in [0.25, 0.3) is 0 Å². The molecule has 2 bridgehead atoms. The molecule has 0 amide bonds. The zero-order valence-corrected chi connectivity index (χ0v) is 20.1. The number of quaternary nitrogens is 1. The number of hydroxylamine groups is 2. The van der Waals surface area contributed by atoms with Gasteiger partial charge in [-0.1, -0.05) is 31.0 Å². The van der Waals surface area contributed by atoms with Crippen LogP contribution in [0.3, 0.4) is 0 Å². The van der Waals surface area contributed by atoms with E-state index in [1.54, 1.807) is 18.2 Å². The Morgan fingerprint density at radius 1 is 1.22 bits per heavy atom. The van der Waals surface area contributed by atoms with Gasteiger partial charge in [0.1, 0.15) is 11.6 Å². The van der Waals surface area contributed by atoms with Crippen LogP contribution in [0, 0.1) is 17.0 Å². The van der Waals surface area contributed by atoms with Crippen molar-refractivity contribution in [1.29, 1.82) is 0 Å².